The molecule has 2 unspecified atom stereocenters. The summed E-state index contributed by atoms with van der Waals surface area (Å²) in [7, 11) is 0. The van der Waals surface area contributed by atoms with Crippen LogP contribution in [0.15, 0.2) is 34.7 Å². The van der Waals surface area contributed by atoms with Crippen molar-refractivity contribution in [2.45, 2.75) is 19.3 Å². The van der Waals surface area contributed by atoms with Crippen molar-refractivity contribution >= 4 is 29.3 Å². The Kier molecular flexibility index (Phi) is 4.91. The molecule has 1 saturated heterocycles. The molecule has 2 atom stereocenters. The van der Waals surface area contributed by atoms with Gasteiger partial charge in [-0.2, -0.15) is 0 Å². The van der Waals surface area contributed by atoms with Crippen LogP contribution in [0, 0.1) is 5.92 Å². The Labute approximate surface area is 130 Å². The van der Waals surface area contributed by atoms with E-state index in [1.54, 1.807) is 0 Å². The zero-order valence-corrected chi connectivity index (χ0v) is 12.9. The second-order valence-corrected chi connectivity index (χ2v) is 5.58. The number of nitrogens with zero attached hydrogens (tertiary/aromatic N) is 1. The van der Waals surface area contributed by atoms with Gasteiger partial charge in [0.05, 0.1) is 5.92 Å². The molecule has 0 saturated carbocycles. The first-order valence-electron chi connectivity index (χ1n) is 7.16. The minimum atomic E-state index is -0.237. The van der Waals surface area contributed by atoms with E-state index >= 15 is 0 Å². The quantitative estimate of drug-likeness (QED) is 0.948. The van der Waals surface area contributed by atoms with E-state index in [0.717, 1.165) is 36.2 Å². The number of hydrogen-bond donors (Lipinski definition) is 1. The summed E-state index contributed by atoms with van der Waals surface area (Å²) in [5.74, 6) is 1.09. The molecule has 1 aliphatic rings. The molecule has 1 amide bonds. The summed E-state index contributed by atoms with van der Waals surface area (Å²) in [5.41, 5.74) is 6.51. The first kappa shape index (κ1) is 15.9. The smallest absolute Gasteiger partial charge is 0.233 e. The van der Waals surface area contributed by atoms with E-state index in [-0.39, 0.29) is 24.2 Å². The van der Waals surface area contributed by atoms with E-state index in [2.05, 4.69) is 0 Å². The lowest BCUT2D eigenvalue weighted by molar-refractivity contribution is -0.131. The number of halogens is 1. The van der Waals surface area contributed by atoms with Gasteiger partial charge in [-0.1, -0.05) is 18.2 Å². The molecule has 1 fully saturated rings. The van der Waals surface area contributed by atoms with Crippen LogP contribution in [0.4, 0.5) is 0 Å². The van der Waals surface area contributed by atoms with Gasteiger partial charge in [-0.05, 0) is 37.9 Å². The molecular formula is C16H21ClN2O2. The third-order valence-electron chi connectivity index (χ3n) is 4.17. The number of fused-ring (bicyclic) bond motifs is 1. The summed E-state index contributed by atoms with van der Waals surface area (Å²) in [4.78, 5) is 14.4. The molecule has 3 rings (SSSR count). The number of likely N-dealkylation sites (tertiary alicyclic amines) is 1. The highest BCUT2D eigenvalue weighted by Gasteiger charge is 2.30. The van der Waals surface area contributed by atoms with Crippen molar-refractivity contribution in [3.05, 3.63) is 36.1 Å². The van der Waals surface area contributed by atoms with Gasteiger partial charge >= 0.3 is 0 Å². The number of carbonyl (C=O) groups is 1. The fourth-order valence-corrected chi connectivity index (χ4v) is 2.84. The van der Waals surface area contributed by atoms with Crippen LogP contribution in [0.25, 0.3) is 11.0 Å². The normalized spacial score (nSPS) is 19.5. The summed E-state index contributed by atoms with van der Waals surface area (Å²) in [5, 5.41) is 1.04. The highest BCUT2D eigenvalue weighted by molar-refractivity contribution is 5.86. The van der Waals surface area contributed by atoms with Gasteiger partial charge in [-0.25, -0.2) is 0 Å². The van der Waals surface area contributed by atoms with Crippen LogP contribution in [0.1, 0.15) is 25.0 Å². The molecule has 114 valence electrons. The number of nitrogens with two attached hydrogens (primary N) is 1. The van der Waals surface area contributed by atoms with Crippen LogP contribution in [0.2, 0.25) is 0 Å². The lowest BCUT2D eigenvalue weighted by atomic mass is 10.1. The van der Waals surface area contributed by atoms with Gasteiger partial charge < -0.3 is 15.1 Å². The summed E-state index contributed by atoms with van der Waals surface area (Å²) in [6.07, 6.45) is 1.01. The molecule has 1 aliphatic heterocycles. The molecule has 0 aliphatic carbocycles. The van der Waals surface area contributed by atoms with Crippen molar-refractivity contribution in [1.29, 1.82) is 0 Å². The predicted molar refractivity (Wildman–Crippen MR) is 85.6 cm³/mol. The number of amides is 1. The number of carbonyl (C=O) groups excluding carboxylic acids is 1. The van der Waals surface area contributed by atoms with E-state index in [9.17, 15) is 4.79 Å². The van der Waals surface area contributed by atoms with E-state index < -0.39 is 0 Å². The summed E-state index contributed by atoms with van der Waals surface area (Å²) < 4.78 is 5.79. The van der Waals surface area contributed by atoms with E-state index in [1.807, 2.05) is 42.2 Å². The first-order valence-corrected chi connectivity index (χ1v) is 7.16. The summed E-state index contributed by atoms with van der Waals surface area (Å²) in [6.45, 7) is 4.16. The zero-order chi connectivity index (χ0) is 14.1. The van der Waals surface area contributed by atoms with E-state index in [4.69, 9.17) is 10.2 Å². The first-order chi connectivity index (χ1) is 9.69. The van der Waals surface area contributed by atoms with Gasteiger partial charge in [-0.15, -0.1) is 12.4 Å². The van der Waals surface area contributed by atoms with Crippen molar-refractivity contribution in [3.63, 3.8) is 0 Å². The van der Waals surface area contributed by atoms with Gasteiger partial charge in [0, 0.05) is 18.5 Å². The van der Waals surface area contributed by atoms with Gasteiger partial charge in [0.1, 0.15) is 11.3 Å². The number of para-hydroxylation sites is 1. The molecule has 21 heavy (non-hydrogen) atoms. The highest BCUT2D eigenvalue weighted by atomic mass is 35.5. The van der Waals surface area contributed by atoms with Gasteiger partial charge in [0.15, 0.2) is 0 Å². The number of rotatable bonds is 3. The average molecular weight is 309 g/mol. The minimum absolute atomic E-state index is 0. The Hall–Kier alpha value is -1.52. The highest BCUT2D eigenvalue weighted by Crippen LogP contribution is 2.27. The largest absolute Gasteiger partial charge is 0.460 e. The Morgan fingerprint density at radius 1 is 1.48 bits per heavy atom. The fourth-order valence-electron chi connectivity index (χ4n) is 2.84. The Bertz CT molecular complexity index is 593. The maximum atomic E-state index is 12.5. The molecule has 2 aromatic rings. The Morgan fingerprint density at radius 2 is 2.24 bits per heavy atom. The molecule has 4 nitrogen and oxygen atoms in total. The molecule has 0 radical (unpaired) electrons. The minimum Gasteiger partial charge on any atom is -0.460 e. The average Bonchev–Trinajstić information content (AvgIpc) is 3.11. The number of hydrogen-bond acceptors (Lipinski definition) is 3. The molecular weight excluding hydrogens is 288 g/mol. The molecule has 0 bridgehead atoms. The van der Waals surface area contributed by atoms with Crippen molar-refractivity contribution in [3.8, 4) is 0 Å². The molecule has 1 aromatic heterocycles. The number of benzene rings is 1. The summed E-state index contributed by atoms with van der Waals surface area (Å²) >= 11 is 0. The predicted octanol–water partition coefficient (Wildman–Crippen LogP) is 2.77. The number of furan rings is 1. The van der Waals surface area contributed by atoms with Crippen molar-refractivity contribution < 1.29 is 9.21 Å². The second-order valence-electron chi connectivity index (χ2n) is 5.58. The standard InChI is InChI=1S/C16H20N2O2.ClH/c1-11(16(19)18-7-6-12(9-17)10-18)15-8-13-4-2-3-5-14(13)20-15;/h2-5,8,11-12H,6-7,9-10,17H2,1H3;1H. The van der Waals surface area contributed by atoms with E-state index in [0.29, 0.717) is 12.5 Å². The van der Waals surface area contributed by atoms with Crippen LogP contribution in [-0.4, -0.2) is 30.4 Å². The van der Waals surface area contributed by atoms with Crippen LogP contribution < -0.4 is 5.73 Å². The summed E-state index contributed by atoms with van der Waals surface area (Å²) in [6, 6.07) is 9.80. The van der Waals surface area contributed by atoms with Crippen LogP contribution in [0.3, 0.4) is 0 Å². The van der Waals surface area contributed by atoms with Crippen molar-refractivity contribution in [2.75, 3.05) is 19.6 Å². The SMILES string of the molecule is CC(C(=O)N1CCC(CN)C1)c1cc2ccccc2o1.Cl. The molecule has 1 aromatic carbocycles. The van der Waals surface area contributed by atoms with Gasteiger partial charge in [0.25, 0.3) is 0 Å². The Morgan fingerprint density at radius 3 is 2.90 bits per heavy atom. The van der Waals surface area contributed by atoms with Crippen LogP contribution in [0.5, 0.6) is 0 Å². The second kappa shape index (κ2) is 6.50. The third kappa shape index (κ3) is 3.06. The lowest BCUT2D eigenvalue weighted by Gasteiger charge is -2.19. The molecule has 0 spiro atoms. The maximum Gasteiger partial charge on any atom is 0.233 e. The molecule has 2 heterocycles. The topological polar surface area (TPSA) is 59.5 Å². The van der Waals surface area contributed by atoms with Crippen molar-refractivity contribution in [1.82, 2.24) is 4.90 Å². The zero-order valence-electron chi connectivity index (χ0n) is 12.1. The van der Waals surface area contributed by atoms with E-state index in [1.165, 1.54) is 0 Å². The lowest BCUT2D eigenvalue weighted by Crippen LogP contribution is -2.33. The van der Waals surface area contributed by atoms with Crippen LogP contribution in [-0.2, 0) is 4.79 Å². The van der Waals surface area contributed by atoms with Gasteiger partial charge in [-0.3, -0.25) is 4.79 Å². The monoisotopic (exact) mass is 308 g/mol. The van der Waals surface area contributed by atoms with Crippen LogP contribution >= 0.6 is 12.4 Å². The fraction of sp³-hybridized carbons (Fsp3) is 0.438. The third-order valence-corrected chi connectivity index (χ3v) is 4.17. The molecule has 5 heteroatoms. The Balaban J connectivity index is 0.00000161. The van der Waals surface area contributed by atoms with Gasteiger partial charge in [0.2, 0.25) is 5.91 Å². The maximum absolute atomic E-state index is 12.5. The van der Waals surface area contributed by atoms with Crippen molar-refractivity contribution in [2.24, 2.45) is 11.7 Å². The molecule has 2 N–H and O–H groups in total.